The first-order valence-corrected chi connectivity index (χ1v) is 5.69. The molecule has 0 saturated carbocycles. The number of cyclic esters (lactones) is 1. The van der Waals surface area contributed by atoms with Crippen LogP contribution in [0.3, 0.4) is 0 Å². The minimum Gasteiger partial charge on any atom is -0.456 e. The van der Waals surface area contributed by atoms with Gasteiger partial charge in [0.15, 0.2) is 5.11 Å². The Morgan fingerprint density at radius 3 is 2.82 bits per heavy atom. The molecule has 2 aliphatic heterocycles. The molecule has 0 aliphatic carbocycles. The van der Waals surface area contributed by atoms with Gasteiger partial charge in [0, 0.05) is 0 Å². The molecule has 0 bridgehead atoms. The number of thiocarbonyl (C=S) groups is 1. The predicted molar refractivity (Wildman–Crippen MR) is 66.0 cm³/mol. The lowest BCUT2D eigenvalue weighted by Crippen LogP contribution is -2.44. The third-order valence-electron chi connectivity index (χ3n) is 2.85. The van der Waals surface area contributed by atoms with Gasteiger partial charge in [0.05, 0.1) is 17.3 Å². The number of rotatable bonds is 1. The van der Waals surface area contributed by atoms with E-state index in [2.05, 4.69) is 10.6 Å². The largest absolute Gasteiger partial charge is 0.456 e. The second-order valence-corrected chi connectivity index (χ2v) is 4.32. The SMILES string of the molecule is O=C1OCC2=C1C(c1ccccc1)NC(=S)N2. The topological polar surface area (TPSA) is 50.4 Å². The first-order valence-electron chi connectivity index (χ1n) is 5.28. The van der Waals surface area contributed by atoms with Gasteiger partial charge in [0.25, 0.3) is 0 Å². The van der Waals surface area contributed by atoms with Crippen LogP contribution >= 0.6 is 12.2 Å². The van der Waals surface area contributed by atoms with Crippen LogP contribution in [0, 0.1) is 0 Å². The summed E-state index contributed by atoms with van der Waals surface area (Å²) in [6.07, 6.45) is 0. The average Bonchev–Trinajstić information content (AvgIpc) is 2.71. The van der Waals surface area contributed by atoms with Crippen LogP contribution in [0.4, 0.5) is 0 Å². The van der Waals surface area contributed by atoms with Gasteiger partial charge in [0.1, 0.15) is 6.61 Å². The molecular weight excluding hydrogens is 236 g/mol. The first kappa shape index (κ1) is 10.3. The normalized spacial score (nSPS) is 22.7. The number of esters is 1. The lowest BCUT2D eigenvalue weighted by atomic mass is 9.97. The van der Waals surface area contributed by atoms with E-state index >= 15 is 0 Å². The van der Waals surface area contributed by atoms with Crippen molar-refractivity contribution in [2.45, 2.75) is 6.04 Å². The summed E-state index contributed by atoms with van der Waals surface area (Å²) in [5.74, 6) is -0.281. The highest BCUT2D eigenvalue weighted by Crippen LogP contribution is 2.30. The van der Waals surface area contributed by atoms with E-state index in [1.807, 2.05) is 30.3 Å². The van der Waals surface area contributed by atoms with Gasteiger partial charge in [0.2, 0.25) is 0 Å². The molecule has 1 aromatic carbocycles. The molecule has 3 rings (SSSR count). The number of hydrogen-bond donors (Lipinski definition) is 2. The van der Waals surface area contributed by atoms with Gasteiger partial charge < -0.3 is 15.4 Å². The van der Waals surface area contributed by atoms with E-state index < -0.39 is 0 Å². The second-order valence-electron chi connectivity index (χ2n) is 3.91. The lowest BCUT2D eigenvalue weighted by molar-refractivity contribution is -0.136. The fourth-order valence-corrected chi connectivity index (χ4v) is 2.32. The van der Waals surface area contributed by atoms with Crippen molar-refractivity contribution in [3.63, 3.8) is 0 Å². The summed E-state index contributed by atoms with van der Waals surface area (Å²) in [6.45, 7) is 0.277. The Morgan fingerprint density at radius 1 is 1.29 bits per heavy atom. The number of hydrogen-bond acceptors (Lipinski definition) is 3. The molecule has 0 spiro atoms. The van der Waals surface area contributed by atoms with Crippen LogP contribution in [0.25, 0.3) is 0 Å². The van der Waals surface area contributed by atoms with Gasteiger partial charge in [-0.05, 0) is 17.8 Å². The Balaban J connectivity index is 2.06. The van der Waals surface area contributed by atoms with Crippen LogP contribution in [0.1, 0.15) is 11.6 Å². The number of nitrogens with one attached hydrogen (secondary N) is 2. The summed E-state index contributed by atoms with van der Waals surface area (Å²) in [4.78, 5) is 11.7. The third kappa shape index (κ3) is 1.68. The Labute approximate surface area is 104 Å². The fraction of sp³-hybridized carbons (Fsp3) is 0.167. The highest BCUT2D eigenvalue weighted by atomic mass is 32.1. The molecule has 4 nitrogen and oxygen atoms in total. The number of ether oxygens (including phenoxy) is 1. The van der Waals surface area contributed by atoms with Crippen LogP contribution in [-0.4, -0.2) is 17.7 Å². The molecule has 1 aromatic rings. The standard InChI is InChI=1S/C12H10N2O2S/c15-11-9-8(6-16-11)13-12(17)14-10(9)7-4-2-1-3-5-7/h1-5,10H,6H2,(H2,13,14,17). The molecule has 86 valence electrons. The van der Waals surface area contributed by atoms with Crippen molar-refractivity contribution in [3.05, 3.63) is 47.2 Å². The molecular formula is C12H10N2O2S. The van der Waals surface area contributed by atoms with Gasteiger partial charge in [-0.2, -0.15) is 0 Å². The number of carbonyl (C=O) groups is 1. The van der Waals surface area contributed by atoms with E-state index in [4.69, 9.17) is 17.0 Å². The Kier molecular flexibility index (Phi) is 2.33. The summed E-state index contributed by atoms with van der Waals surface area (Å²) in [5, 5.41) is 6.58. The van der Waals surface area contributed by atoms with E-state index in [-0.39, 0.29) is 18.6 Å². The summed E-state index contributed by atoms with van der Waals surface area (Å²) >= 11 is 5.12. The Bertz CT molecular complexity index is 525. The van der Waals surface area contributed by atoms with E-state index in [1.54, 1.807) is 0 Å². The summed E-state index contributed by atoms with van der Waals surface area (Å²) in [7, 11) is 0. The smallest absolute Gasteiger partial charge is 0.338 e. The van der Waals surface area contributed by atoms with Crippen molar-refractivity contribution in [2.75, 3.05) is 6.61 Å². The maximum atomic E-state index is 11.7. The molecule has 0 saturated heterocycles. The van der Waals surface area contributed by atoms with Crippen molar-refractivity contribution < 1.29 is 9.53 Å². The van der Waals surface area contributed by atoms with Gasteiger partial charge in [-0.15, -0.1) is 0 Å². The van der Waals surface area contributed by atoms with E-state index in [1.165, 1.54) is 0 Å². The molecule has 0 fully saturated rings. The molecule has 2 N–H and O–H groups in total. The molecule has 2 aliphatic rings. The van der Waals surface area contributed by atoms with Crippen LogP contribution < -0.4 is 10.6 Å². The molecule has 0 radical (unpaired) electrons. The van der Waals surface area contributed by atoms with E-state index in [9.17, 15) is 4.79 Å². The zero-order valence-electron chi connectivity index (χ0n) is 8.90. The first-order chi connectivity index (χ1) is 8.25. The number of benzene rings is 1. The zero-order chi connectivity index (χ0) is 11.8. The summed E-state index contributed by atoms with van der Waals surface area (Å²) in [5.41, 5.74) is 2.40. The van der Waals surface area contributed by atoms with E-state index in [0.717, 1.165) is 11.3 Å². The molecule has 0 amide bonds. The van der Waals surface area contributed by atoms with Crippen LogP contribution in [-0.2, 0) is 9.53 Å². The van der Waals surface area contributed by atoms with Gasteiger partial charge in [-0.25, -0.2) is 4.79 Å². The van der Waals surface area contributed by atoms with E-state index in [0.29, 0.717) is 10.7 Å². The molecule has 1 atom stereocenters. The number of carbonyl (C=O) groups excluding carboxylic acids is 1. The Hall–Kier alpha value is -1.88. The van der Waals surface area contributed by atoms with Crippen molar-refractivity contribution in [1.29, 1.82) is 0 Å². The highest BCUT2D eigenvalue weighted by molar-refractivity contribution is 7.80. The molecule has 1 unspecified atom stereocenters. The quantitative estimate of drug-likeness (QED) is 0.572. The molecule has 5 heteroatoms. The Morgan fingerprint density at radius 2 is 2.06 bits per heavy atom. The minimum atomic E-state index is -0.281. The average molecular weight is 246 g/mol. The lowest BCUT2D eigenvalue weighted by Gasteiger charge is -2.26. The maximum absolute atomic E-state index is 11.7. The minimum absolute atomic E-state index is 0.213. The zero-order valence-corrected chi connectivity index (χ0v) is 9.71. The van der Waals surface area contributed by atoms with Crippen molar-refractivity contribution in [2.24, 2.45) is 0 Å². The van der Waals surface area contributed by atoms with Gasteiger partial charge >= 0.3 is 5.97 Å². The maximum Gasteiger partial charge on any atom is 0.338 e. The van der Waals surface area contributed by atoms with Crippen LogP contribution in [0.15, 0.2) is 41.6 Å². The molecule has 17 heavy (non-hydrogen) atoms. The monoisotopic (exact) mass is 246 g/mol. The van der Waals surface area contributed by atoms with Crippen molar-refractivity contribution in [1.82, 2.24) is 10.6 Å². The molecule has 2 heterocycles. The highest BCUT2D eigenvalue weighted by Gasteiger charge is 2.36. The predicted octanol–water partition coefficient (Wildman–Crippen LogP) is 1.02. The third-order valence-corrected chi connectivity index (χ3v) is 3.07. The summed E-state index contributed by atoms with van der Waals surface area (Å²) in [6, 6.07) is 9.51. The summed E-state index contributed by atoms with van der Waals surface area (Å²) < 4.78 is 5.02. The second kappa shape index (κ2) is 3.85. The van der Waals surface area contributed by atoms with Crippen molar-refractivity contribution in [3.8, 4) is 0 Å². The van der Waals surface area contributed by atoms with Crippen LogP contribution in [0.2, 0.25) is 0 Å². The van der Waals surface area contributed by atoms with Gasteiger partial charge in [-0.3, -0.25) is 0 Å². The molecule has 0 aromatic heterocycles. The fourth-order valence-electron chi connectivity index (χ4n) is 2.08. The van der Waals surface area contributed by atoms with Crippen molar-refractivity contribution >= 4 is 23.3 Å². The van der Waals surface area contributed by atoms with Crippen LogP contribution in [0.5, 0.6) is 0 Å². The van der Waals surface area contributed by atoms with Gasteiger partial charge in [-0.1, -0.05) is 30.3 Å².